The molecule has 1 saturated heterocycles. The van der Waals surface area contributed by atoms with Crippen molar-refractivity contribution in [1.29, 1.82) is 0 Å². The number of ether oxygens (including phenoxy) is 2. The average Bonchev–Trinajstić information content (AvgIpc) is 3.17. The van der Waals surface area contributed by atoms with E-state index in [2.05, 4.69) is 47.7 Å². The molecule has 1 aliphatic heterocycles. The minimum absolute atomic E-state index is 0.0425. The van der Waals surface area contributed by atoms with Crippen LogP contribution in [0, 0.1) is 11.8 Å². The lowest BCUT2D eigenvalue weighted by molar-refractivity contribution is -0.147. The van der Waals surface area contributed by atoms with Crippen molar-refractivity contribution in [2.24, 2.45) is 11.8 Å². The summed E-state index contributed by atoms with van der Waals surface area (Å²) >= 11 is 0. The van der Waals surface area contributed by atoms with E-state index in [1.165, 1.54) is 51.4 Å². The van der Waals surface area contributed by atoms with E-state index in [0.717, 1.165) is 136 Å². The molecule has 1 rings (SSSR count). The predicted molar refractivity (Wildman–Crippen MR) is 227 cm³/mol. The largest absolute Gasteiger partial charge is 0.461 e. The van der Waals surface area contributed by atoms with Crippen LogP contribution < -0.4 is 0 Å². The second-order valence-corrected chi connectivity index (χ2v) is 16.1. The standard InChI is InChI=1S/C46H85N3O5/c1-6-8-10-12-21-27-40-53-45(51)42(3)30-23-17-14-15-19-25-34-49(44(50)32-29-33-48-38-36-47(5)37-39-48)35-26-20-16-18-24-31-43(4)46(52)54-41-28-22-13-11-9-7-2/h21-22,27-28,42-43H,6-20,23-26,29-41H2,1-5H3/b27-21-,28-22-. The molecule has 1 heterocycles. The topological polar surface area (TPSA) is 79.4 Å². The molecule has 1 amide bonds. The lowest BCUT2D eigenvalue weighted by Gasteiger charge is -2.32. The molecule has 0 aromatic rings. The van der Waals surface area contributed by atoms with Gasteiger partial charge >= 0.3 is 11.9 Å². The summed E-state index contributed by atoms with van der Waals surface area (Å²) in [6.45, 7) is 16.3. The molecule has 0 saturated carbocycles. The molecule has 2 unspecified atom stereocenters. The van der Waals surface area contributed by atoms with Crippen LogP contribution in [0.15, 0.2) is 24.3 Å². The predicted octanol–water partition coefficient (Wildman–Crippen LogP) is 10.5. The van der Waals surface area contributed by atoms with Crippen LogP contribution in [-0.2, 0) is 23.9 Å². The summed E-state index contributed by atoms with van der Waals surface area (Å²) in [5.74, 6) is 0.0602. The number of rotatable bonds is 35. The molecule has 0 aliphatic carbocycles. The zero-order valence-electron chi connectivity index (χ0n) is 36.0. The molecule has 2 atom stereocenters. The van der Waals surface area contributed by atoms with Gasteiger partial charge in [0.25, 0.3) is 0 Å². The monoisotopic (exact) mass is 760 g/mol. The lowest BCUT2D eigenvalue weighted by atomic mass is 10.0. The van der Waals surface area contributed by atoms with E-state index in [9.17, 15) is 14.4 Å². The Kier molecular flexibility index (Phi) is 32.5. The van der Waals surface area contributed by atoms with Gasteiger partial charge in [-0.1, -0.05) is 135 Å². The molecular formula is C46H85N3O5. The smallest absolute Gasteiger partial charge is 0.308 e. The third-order valence-corrected chi connectivity index (χ3v) is 10.9. The summed E-state index contributed by atoms with van der Waals surface area (Å²) in [6, 6.07) is 0. The fraction of sp³-hybridized carbons (Fsp3) is 0.848. The Morgan fingerprint density at radius 3 is 1.48 bits per heavy atom. The Balaban J connectivity index is 2.29. The van der Waals surface area contributed by atoms with E-state index in [1.54, 1.807) is 0 Å². The van der Waals surface area contributed by atoms with E-state index in [0.29, 0.717) is 25.5 Å². The van der Waals surface area contributed by atoms with E-state index < -0.39 is 0 Å². The third kappa shape index (κ3) is 28.3. The van der Waals surface area contributed by atoms with Gasteiger partial charge in [0, 0.05) is 45.7 Å². The highest BCUT2D eigenvalue weighted by Crippen LogP contribution is 2.16. The highest BCUT2D eigenvalue weighted by molar-refractivity contribution is 5.76. The molecule has 1 fully saturated rings. The Morgan fingerprint density at radius 2 is 1.02 bits per heavy atom. The summed E-state index contributed by atoms with van der Waals surface area (Å²) in [4.78, 5) is 45.0. The quantitative estimate of drug-likeness (QED) is 0.0362. The van der Waals surface area contributed by atoms with Gasteiger partial charge in [0.1, 0.15) is 13.2 Å². The van der Waals surface area contributed by atoms with Gasteiger partial charge in [-0.3, -0.25) is 14.4 Å². The van der Waals surface area contributed by atoms with Crippen LogP contribution in [0.5, 0.6) is 0 Å². The van der Waals surface area contributed by atoms with Crippen molar-refractivity contribution < 1.29 is 23.9 Å². The summed E-state index contributed by atoms with van der Waals surface area (Å²) in [7, 11) is 2.18. The molecule has 314 valence electrons. The lowest BCUT2D eigenvalue weighted by Crippen LogP contribution is -2.44. The van der Waals surface area contributed by atoms with Crippen molar-refractivity contribution >= 4 is 17.8 Å². The number of unbranched alkanes of at least 4 members (excludes halogenated alkanes) is 15. The number of hydrogen-bond donors (Lipinski definition) is 0. The Morgan fingerprint density at radius 1 is 0.574 bits per heavy atom. The zero-order valence-corrected chi connectivity index (χ0v) is 36.0. The number of hydrogen-bond acceptors (Lipinski definition) is 7. The number of esters is 2. The third-order valence-electron chi connectivity index (χ3n) is 10.9. The first-order chi connectivity index (χ1) is 26.3. The second-order valence-electron chi connectivity index (χ2n) is 16.1. The van der Waals surface area contributed by atoms with Gasteiger partial charge in [0.2, 0.25) is 5.91 Å². The van der Waals surface area contributed by atoms with Crippen molar-refractivity contribution in [2.45, 2.75) is 175 Å². The molecule has 1 aliphatic rings. The molecule has 0 aromatic carbocycles. The number of allylic oxidation sites excluding steroid dienone is 2. The minimum atomic E-state index is -0.0847. The molecule has 0 spiro atoms. The Labute approximate surface area is 333 Å². The molecule has 0 bridgehead atoms. The summed E-state index contributed by atoms with van der Waals surface area (Å²) in [5, 5.41) is 0. The summed E-state index contributed by atoms with van der Waals surface area (Å²) < 4.78 is 10.9. The molecule has 8 heteroatoms. The van der Waals surface area contributed by atoms with E-state index >= 15 is 0 Å². The maximum absolute atomic E-state index is 13.4. The van der Waals surface area contributed by atoms with E-state index in [4.69, 9.17) is 9.47 Å². The Hall–Kier alpha value is -2.19. The number of piperazine rings is 1. The van der Waals surface area contributed by atoms with E-state index in [1.807, 2.05) is 26.0 Å². The van der Waals surface area contributed by atoms with Crippen molar-refractivity contribution in [2.75, 3.05) is 66.1 Å². The van der Waals surface area contributed by atoms with Crippen LogP contribution in [0.1, 0.15) is 175 Å². The minimum Gasteiger partial charge on any atom is -0.461 e. The number of likely N-dealkylation sites (N-methyl/N-ethyl adjacent to an activating group) is 1. The maximum Gasteiger partial charge on any atom is 0.308 e. The summed E-state index contributed by atoms with van der Waals surface area (Å²) in [5.41, 5.74) is 0. The van der Waals surface area contributed by atoms with Crippen LogP contribution in [0.4, 0.5) is 0 Å². The van der Waals surface area contributed by atoms with Crippen molar-refractivity contribution in [3.8, 4) is 0 Å². The van der Waals surface area contributed by atoms with Gasteiger partial charge in [-0.2, -0.15) is 0 Å². The van der Waals surface area contributed by atoms with Gasteiger partial charge in [0.05, 0.1) is 11.8 Å². The first-order valence-corrected chi connectivity index (χ1v) is 22.6. The normalized spacial score (nSPS) is 15.2. The van der Waals surface area contributed by atoms with Crippen LogP contribution in [0.3, 0.4) is 0 Å². The maximum atomic E-state index is 13.4. The molecule has 0 N–H and O–H groups in total. The number of carbonyl (C=O) groups is 3. The van der Waals surface area contributed by atoms with Crippen LogP contribution in [0.2, 0.25) is 0 Å². The summed E-state index contributed by atoms with van der Waals surface area (Å²) in [6.07, 6.45) is 33.2. The van der Waals surface area contributed by atoms with Crippen molar-refractivity contribution in [3.63, 3.8) is 0 Å². The van der Waals surface area contributed by atoms with Gasteiger partial charge in [0.15, 0.2) is 0 Å². The molecule has 0 radical (unpaired) electrons. The number of nitrogens with zero attached hydrogens (tertiary/aromatic N) is 3. The van der Waals surface area contributed by atoms with Gasteiger partial charge < -0.3 is 24.2 Å². The SMILES string of the molecule is CCCCC/C=C\COC(=O)C(C)CCCCCCCCN(CCCCCCCC(C)C(=O)OC/C=C\CCCCC)C(=O)CCCN1CCN(C)CC1. The van der Waals surface area contributed by atoms with Crippen LogP contribution in [-0.4, -0.2) is 98.6 Å². The zero-order chi connectivity index (χ0) is 39.5. The van der Waals surface area contributed by atoms with Gasteiger partial charge in [-0.25, -0.2) is 0 Å². The van der Waals surface area contributed by atoms with Crippen LogP contribution in [0.25, 0.3) is 0 Å². The molecule has 0 aromatic heterocycles. The van der Waals surface area contributed by atoms with Crippen molar-refractivity contribution in [1.82, 2.24) is 14.7 Å². The van der Waals surface area contributed by atoms with Crippen LogP contribution >= 0.6 is 0 Å². The number of carbonyl (C=O) groups excluding carboxylic acids is 3. The first-order valence-electron chi connectivity index (χ1n) is 22.6. The van der Waals surface area contributed by atoms with Gasteiger partial charge in [-0.15, -0.1) is 0 Å². The van der Waals surface area contributed by atoms with Gasteiger partial charge in [-0.05, 0) is 71.4 Å². The molecule has 8 nitrogen and oxygen atoms in total. The first kappa shape index (κ1) is 49.8. The average molecular weight is 760 g/mol. The Bertz CT molecular complexity index is 977. The highest BCUT2D eigenvalue weighted by Gasteiger charge is 2.17. The molecule has 54 heavy (non-hydrogen) atoms. The number of amides is 1. The van der Waals surface area contributed by atoms with Crippen molar-refractivity contribution in [3.05, 3.63) is 24.3 Å². The van der Waals surface area contributed by atoms with E-state index in [-0.39, 0.29) is 23.8 Å². The highest BCUT2D eigenvalue weighted by atomic mass is 16.5. The second kappa shape index (κ2) is 35.2. The fourth-order valence-corrected chi connectivity index (χ4v) is 6.97. The fourth-order valence-electron chi connectivity index (χ4n) is 6.97. The molecular weight excluding hydrogens is 675 g/mol.